The Bertz CT molecular complexity index is 930. The Labute approximate surface area is 196 Å². The number of ether oxygens (including phenoxy) is 2. The van der Waals surface area contributed by atoms with Gasteiger partial charge in [0.25, 0.3) is 0 Å². The number of morpholine rings is 1. The molecule has 2 fully saturated rings. The van der Waals surface area contributed by atoms with Gasteiger partial charge in [0.15, 0.2) is 0 Å². The Morgan fingerprint density at radius 3 is 2.21 bits per heavy atom. The van der Waals surface area contributed by atoms with Crippen LogP contribution >= 0.6 is 0 Å². The van der Waals surface area contributed by atoms with Crippen molar-refractivity contribution in [2.45, 2.75) is 75.5 Å². The molecule has 3 aliphatic rings. The average Bonchev–Trinajstić information content (AvgIpc) is 3.14. The first-order chi connectivity index (χ1) is 16.1. The molecule has 1 amide bonds. The van der Waals surface area contributed by atoms with E-state index >= 15 is 0 Å². The van der Waals surface area contributed by atoms with Gasteiger partial charge >= 0.3 is 6.09 Å². The molecule has 2 heterocycles. The van der Waals surface area contributed by atoms with E-state index < -0.39 is 5.60 Å². The maximum absolute atomic E-state index is 13.3. The Kier molecular flexibility index (Phi) is 6.44. The molecule has 0 saturated carbocycles. The summed E-state index contributed by atoms with van der Waals surface area (Å²) in [5.41, 5.74) is 4.19. The van der Waals surface area contributed by atoms with Crippen molar-refractivity contribution in [3.05, 3.63) is 59.7 Å². The Morgan fingerprint density at radius 1 is 1.00 bits per heavy atom. The molecule has 2 aromatic carbocycles. The minimum Gasteiger partial charge on any atom is -0.448 e. The molecule has 0 aromatic heterocycles. The van der Waals surface area contributed by atoms with Crippen LogP contribution in [-0.4, -0.2) is 53.6 Å². The van der Waals surface area contributed by atoms with Crippen LogP contribution < -0.4 is 0 Å². The zero-order valence-corrected chi connectivity index (χ0v) is 19.5. The summed E-state index contributed by atoms with van der Waals surface area (Å²) in [6.45, 7) is 3.46. The van der Waals surface area contributed by atoms with Gasteiger partial charge in [-0.05, 0) is 41.5 Å². The third-order valence-corrected chi connectivity index (χ3v) is 7.68. The SMILES string of the molecule is CCCCCCC1(O)CC2COCC(C1)N2C(=O)OCC1c2ccccc2-c2ccccc21. The summed E-state index contributed by atoms with van der Waals surface area (Å²) >= 11 is 0. The van der Waals surface area contributed by atoms with Crippen LogP contribution in [0.25, 0.3) is 11.1 Å². The van der Waals surface area contributed by atoms with Crippen LogP contribution in [0.5, 0.6) is 0 Å². The second-order valence-corrected chi connectivity index (χ2v) is 10.00. The predicted octanol–water partition coefficient (Wildman–Crippen LogP) is 5.50. The van der Waals surface area contributed by atoms with Crippen molar-refractivity contribution in [2.75, 3.05) is 19.8 Å². The normalized spacial score (nSPS) is 26.1. The average molecular weight is 450 g/mol. The zero-order chi connectivity index (χ0) is 22.8. The van der Waals surface area contributed by atoms with Crippen LogP contribution in [0.3, 0.4) is 0 Å². The first kappa shape index (κ1) is 22.4. The van der Waals surface area contributed by atoms with Gasteiger partial charge in [-0.3, -0.25) is 4.90 Å². The first-order valence-corrected chi connectivity index (χ1v) is 12.5. The molecular formula is C28H35NO4. The number of piperidine rings is 1. The molecule has 0 spiro atoms. The number of aliphatic hydroxyl groups is 1. The molecule has 2 atom stereocenters. The highest BCUT2D eigenvalue weighted by molar-refractivity contribution is 5.79. The Balaban J connectivity index is 1.26. The summed E-state index contributed by atoms with van der Waals surface area (Å²) in [5, 5.41) is 11.3. The Hall–Kier alpha value is -2.37. The minimum atomic E-state index is -0.701. The van der Waals surface area contributed by atoms with E-state index in [0.29, 0.717) is 32.7 Å². The van der Waals surface area contributed by atoms with Crippen LogP contribution in [0.1, 0.15) is 68.9 Å². The van der Waals surface area contributed by atoms with Gasteiger partial charge in [-0.2, -0.15) is 0 Å². The second-order valence-electron chi connectivity index (χ2n) is 10.00. The molecule has 33 heavy (non-hydrogen) atoms. The van der Waals surface area contributed by atoms with Gasteiger partial charge in [0, 0.05) is 5.92 Å². The molecule has 2 bridgehead atoms. The molecule has 5 heteroatoms. The number of hydrogen-bond donors (Lipinski definition) is 1. The number of nitrogens with zero attached hydrogens (tertiary/aromatic N) is 1. The number of rotatable bonds is 7. The number of carbonyl (C=O) groups excluding carboxylic acids is 1. The number of unbranched alkanes of at least 4 members (excludes halogenated alkanes) is 3. The van der Waals surface area contributed by atoms with E-state index in [1.807, 2.05) is 17.0 Å². The van der Waals surface area contributed by atoms with Gasteiger partial charge in [-0.1, -0.05) is 81.1 Å². The van der Waals surface area contributed by atoms with E-state index in [4.69, 9.17) is 9.47 Å². The lowest BCUT2D eigenvalue weighted by Crippen LogP contribution is -2.63. The molecule has 1 aliphatic carbocycles. The van der Waals surface area contributed by atoms with E-state index in [1.165, 1.54) is 35.1 Å². The maximum atomic E-state index is 13.3. The van der Waals surface area contributed by atoms with Crippen LogP contribution in [0.4, 0.5) is 4.79 Å². The topological polar surface area (TPSA) is 59.0 Å². The highest BCUT2D eigenvalue weighted by atomic mass is 16.6. The third kappa shape index (κ3) is 4.41. The lowest BCUT2D eigenvalue weighted by molar-refractivity contribution is -0.135. The first-order valence-electron chi connectivity index (χ1n) is 12.5. The predicted molar refractivity (Wildman–Crippen MR) is 128 cm³/mol. The van der Waals surface area contributed by atoms with E-state index in [-0.39, 0.29) is 24.1 Å². The quantitative estimate of drug-likeness (QED) is 0.567. The van der Waals surface area contributed by atoms with Crippen molar-refractivity contribution >= 4 is 6.09 Å². The lowest BCUT2D eigenvalue weighted by atomic mass is 9.78. The van der Waals surface area contributed by atoms with Crippen LogP contribution in [0, 0.1) is 0 Å². The van der Waals surface area contributed by atoms with Gasteiger partial charge in [0.2, 0.25) is 0 Å². The molecule has 2 aromatic rings. The van der Waals surface area contributed by atoms with E-state index in [9.17, 15) is 9.90 Å². The van der Waals surface area contributed by atoms with Crippen molar-refractivity contribution in [1.29, 1.82) is 0 Å². The smallest absolute Gasteiger partial charge is 0.410 e. The molecule has 5 nitrogen and oxygen atoms in total. The summed E-state index contributed by atoms with van der Waals surface area (Å²) in [5.74, 6) is 0.0535. The number of amides is 1. The standard InChI is InChI=1S/C28H35NO4/c1-2-3-4-9-14-28(31)15-20-17-32-18-21(16-28)29(20)27(30)33-19-26-24-12-7-5-10-22(24)23-11-6-8-13-25(23)26/h5-8,10-13,20-21,26,31H,2-4,9,14-19H2,1H3. The fraction of sp³-hybridized carbons (Fsp3) is 0.536. The summed E-state index contributed by atoms with van der Waals surface area (Å²) in [4.78, 5) is 15.1. The second kappa shape index (κ2) is 9.47. The Morgan fingerprint density at radius 2 is 1.61 bits per heavy atom. The van der Waals surface area contributed by atoms with E-state index in [1.54, 1.807) is 0 Å². The molecule has 2 unspecified atom stereocenters. The lowest BCUT2D eigenvalue weighted by Gasteiger charge is -2.51. The van der Waals surface area contributed by atoms with Gasteiger partial charge in [-0.25, -0.2) is 4.79 Å². The van der Waals surface area contributed by atoms with Crippen LogP contribution in [0.15, 0.2) is 48.5 Å². The fourth-order valence-corrected chi connectivity index (χ4v) is 6.13. The summed E-state index contributed by atoms with van der Waals surface area (Å²) < 4.78 is 11.7. The zero-order valence-electron chi connectivity index (χ0n) is 19.5. The van der Waals surface area contributed by atoms with Crippen molar-refractivity contribution in [3.8, 4) is 11.1 Å². The molecule has 2 aliphatic heterocycles. The fourth-order valence-electron chi connectivity index (χ4n) is 6.13. The van der Waals surface area contributed by atoms with Crippen molar-refractivity contribution in [2.24, 2.45) is 0 Å². The summed E-state index contributed by atoms with van der Waals surface area (Å²) in [6.07, 6.45) is 6.25. The van der Waals surface area contributed by atoms with Crippen molar-refractivity contribution in [3.63, 3.8) is 0 Å². The monoisotopic (exact) mass is 449 g/mol. The highest BCUT2D eigenvalue weighted by Crippen LogP contribution is 2.45. The number of fused-ring (bicyclic) bond motifs is 5. The number of hydrogen-bond acceptors (Lipinski definition) is 4. The van der Waals surface area contributed by atoms with Gasteiger partial charge in [-0.15, -0.1) is 0 Å². The van der Waals surface area contributed by atoms with Crippen molar-refractivity contribution in [1.82, 2.24) is 4.90 Å². The molecule has 176 valence electrons. The molecular weight excluding hydrogens is 414 g/mol. The molecule has 2 saturated heterocycles. The summed E-state index contributed by atoms with van der Waals surface area (Å²) in [7, 11) is 0. The van der Waals surface area contributed by atoms with Crippen LogP contribution in [0.2, 0.25) is 0 Å². The van der Waals surface area contributed by atoms with Gasteiger partial charge < -0.3 is 14.6 Å². The number of benzene rings is 2. The van der Waals surface area contributed by atoms with Gasteiger partial charge in [0.1, 0.15) is 6.61 Å². The number of carbonyl (C=O) groups is 1. The van der Waals surface area contributed by atoms with Gasteiger partial charge in [0.05, 0.1) is 30.9 Å². The highest BCUT2D eigenvalue weighted by Gasteiger charge is 2.48. The van der Waals surface area contributed by atoms with E-state index in [0.717, 1.165) is 19.3 Å². The maximum Gasteiger partial charge on any atom is 0.410 e. The van der Waals surface area contributed by atoms with E-state index in [2.05, 4.69) is 43.3 Å². The molecule has 0 radical (unpaired) electrons. The third-order valence-electron chi connectivity index (χ3n) is 7.68. The largest absolute Gasteiger partial charge is 0.448 e. The summed E-state index contributed by atoms with van der Waals surface area (Å²) in [6, 6.07) is 16.5. The molecule has 5 rings (SSSR count). The minimum absolute atomic E-state index is 0.0535. The molecule has 1 N–H and O–H groups in total. The van der Waals surface area contributed by atoms with Crippen molar-refractivity contribution < 1.29 is 19.4 Å². The van der Waals surface area contributed by atoms with Crippen LogP contribution in [-0.2, 0) is 9.47 Å².